The minimum atomic E-state index is -3.93. The lowest BCUT2D eigenvalue weighted by atomic mass is 9.74. The molecule has 0 saturated heterocycles. The predicted octanol–water partition coefficient (Wildman–Crippen LogP) is 3.27. The second-order valence-electron chi connectivity index (χ2n) is 8.39. The fraction of sp³-hybridized carbons (Fsp3) is 0.348. The molecule has 0 bridgehead atoms. The van der Waals surface area contributed by atoms with Crippen LogP contribution in [0.4, 0.5) is 0 Å². The number of aliphatic hydroxyl groups is 1. The maximum Gasteiger partial charge on any atom is 0.315 e. The van der Waals surface area contributed by atoms with Crippen molar-refractivity contribution in [2.75, 3.05) is 7.11 Å². The molecule has 2 aliphatic carbocycles. The molecule has 6 nitrogen and oxygen atoms in total. The van der Waals surface area contributed by atoms with Gasteiger partial charge in [0, 0.05) is 23.1 Å². The number of carbonyl (C=O) groups is 1. The van der Waals surface area contributed by atoms with Crippen LogP contribution in [0.15, 0.2) is 53.4 Å². The summed E-state index contributed by atoms with van der Waals surface area (Å²) in [5.41, 5.74) is -0.0858. The van der Waals surface area contributed by atoms with Crippen molar-refractivity contribution < 1.29 is 23.1 Å². The molecular weight excluding hydrogens is 402 g/mol. The van der Waals surface area contributed by atoms with Crippen LogP contribution in [0.3, 0.4) is 0 Å². The first-order valence-electron chi connectivity index (χ1n) is 10.0. The summed E-state index contributed by atoms with van der Waals surface area (Å²) in [5, 5.41) is 12.5. The summed E-state index contributed by atoms with van der Waals surface area (Å²) >= 11 is 0. The molecule has 0 radical (unpaired) electrons. The molecule has 1 heterocycles. The van der Waals surface area contributed by atoms with Crippen LogP contribution in [-0.2, 0) is 31.6 Å². The molecule has 0 amide bonds. The second-order valence-corrected chi connectivity index (χ2v) is 10.2. The molecule has 30 heavy (non-hydrogen) atoms. The van der Waals surface area contributed by atoms with Gasteiger partial charge < -0.3 is 9.84 Å². The fourth-order valence-corrected chi connectivity index (χ4v) is 7.05. The zero-order valence-electron chi connectivity index (χ0n) is 16.9. The van der Waals surface area contributed by atoms with Crippen molar-refractivity contribution in [1.82, 2.24) is 3.97 Å². The molecule has 2 aromatic carbocycles. The number of aromatic nitrogens is 1. The predicted molar refractivity (Wildman–Crippen MR) is 112 cm³/mol. The highest BCUT2D eigenvalue weighted by atomic mass is 32.2. The van der Waals surface area contributed by atoms with Crippen LogP contribution in [0.1, 0.15) is 36.1 Å². The number of carbonyl (C=O) groups excluding carboxylic acids is 1. The Morgan fingerprint density at radius 2 is 1.80 bits per heavy atom. The van der Waals surface area contributed by atoms with Crippen molar-refractivity contribution in [3.8, 4) is 0 Å². The van der Waals surface area contributed by atoms with Gasteiger partial charge in [-0.25, -0.2) is 12.4 Å². The largest absolute Gasteiger partial charge is 0.468 e. The fourth-order valence-electron chi connectivity index (χ4n) is 5.49. The van der Waals surface area contributed by atoms with E-state index in [2.05, 4.69) is 0 Å². The van der Waals surface area contributed by atoms with Crippen molar-refractivity contribution in [3.63, 3.8) is 0 Å². The summed E-state index contributed by atoms with van der Waals surface area (Å²) in [6.45, 7) is 1.90. The lowest BCUT2D eigenvalue weighted by Crippen LogP contribution is -2.45. The van der Waals surface area contributed by atoms with Gasteiger partial charge in [0.05, 0.1) is 17.5 Å². The zero-order chi connectivity index (χ0) is 21.3. The van der Waals surface area contributed by atoms with Crippen LogP contribution in [0.5, 0.6) is 0 Å². The number of para-hydroxylation sites is 1. The van der Waals surface area contributed by atoms with E-state index in [1.165, 1.54) is 11.1 Å². The average Bonchev–Trinajstić information content (AvgIpc) is 3.31. The molecule has 1 saturated carbocycles. The van der Waals surface area contributed by atoms with Crippen LogP contribution in [0.2, 0.25) is 0 Å². The molecule has 0 aliphatic heterocycles. The Labute approximate surface area is 175 Å². The third-order valence-electron chi connectivity index (χ3n) is 6.88. The Morgan fingerprint density at radius 1 is 1.10 bits per heavy atom. The van der Waals surface area contributed by atoms with Crippen LogP contribution < -0.4 is 0 Å². The summed E-state index contributed by atoms with van der Waals surface area (Å²) in [6, 6.07) is 13.9. The Kier molecular flexibility index (Phi) is 3.98. The van der Waals surface area contributed by atoms with Crippen LogP contribution in [-0.4, -0.2) is 30.6 Å². The molecule has 1 aromatic heterocycles. The molecule has 0 unspecified atom stereocenters. The molecule has 2 aliphatic rings. The highest BCUT2D eigenvalue weighted by Gasteiger charge is 2.66. The minimum absolute atomic E-state index is 0.130. The summed E-state index contributed by atoms with van der Waals surface area (Å²) in [4.78, 5) is 13.0. The van der Waals surface area contributed by atoms with Gasteiger partial charge in [-0.1, -0.05) is 35.9 Å². The Morgan fingerprint density at radius 3 is 2.50 bits per heavy atom. The van der Waals surface area contributed by atoms with E-state index in [1.54, 1.807) is 36.4 Å². The van der Waals surface area contributed by atoms with Gasteiger partial charge >= 0.3 is 5.97 Å². The quantitative estimate of drug-likeness (QED) is 0.651. The van der Waals surface area contributed by atoms with E-state index in [0.29, 0.717) is 41.4 Å². The normalized spacial score (nSPS) is 25.3. The van der Waals surface area contributed by atoms with Gasteiger partial charge in [0.25, 0.3) is 10.0 Å². The first-order chi connectivity index (χ1) is 14.3. The third-order valence-corrected chi connectivity index (χ3v) is 8.64. The summed E-state index contributed by atoms with van der Waals surface area (Å²) in [7, 11) is -2.61. The summed E-state index contributed by atoms with van der Waals surface area (Å²) in [6.07, 6.45) is 1.66. The number of hydrogen-bond donors (Lipinski definition) is 1. The van der Waals surface area contributed by atoms with E-state index in [1.807, 2.05) is 19.1 Å². The van der Waals surface area contributed by atoms with Gasteiger partial charge in [-0.05, 0) is 44.4 Å². The second kappa shape index (κ2) is 6.18. The van der Waals surface area contributed by atoms with Crippen LogP contribution >= 0.6 is 0 Å². The number of ether oxygens (including phenoxy) is 1. The molecule has 2 atom stereocenters. The van der Waals surface area contributed by atoms with Crippen molar-refractivity contribution in [3.05, 3.63) is 65.4 Å². The van der Waals surface area contributed by atoms with E-state index in [9.17, 15) is 18.3 Å². The highest BCUT2D eigenvalue weighted by Crippen LogP contribution is 2.62. The van der Waals surface area contributed by atoms with Crippen molar-refractivity contribution in [2.45, 2.75) is 43.1 Å². The highest BCUT2D eigenvalue weighted by molar-refractivity contribution is 7.90. The molecule has 1 fully saturated rings. The Balaban J connectivity index is 1.84. The van der Waals surface area contributed by atoms with Gasteiger partial charge in [0.1, 0.15) is 11.0 Å². The summed E-state index contributed by atoms with van der Waals surface area (Å²) < 4.78 is 33.8. The third kappa shape index (κ3) is 2.22. The SMILES string of the molecule is COC(=O)[C@@]12CCC[C@]1(O)c1c(n(S(=O)(=O)c3ccc(C)cc3)c3ccccc13)C2. The first-order valence-corrected chi connectivity index (χ1v) is 11.5. The van der Waals surface area contributed by atoms with Crippen molar-refractivity contribution in [1.29, 1.82) is 0 Å². The van der Waals surface area contributed by atoms with Crippen molar-refractivity contribution >= 4 is 26.9 Å². The average molecular weight is 426 g/mol. The van der Waals surface area contributed by atoms with E-state index in [-0.39, 0.29) is 11.3 Å². The Bertz CT molecular complexity index is 1290. The molecular formula is C23H23NO5S. The van der Waals surface area contributed by atoms with E-state index < -0.39 is 27.0 Å². The van der Waals surface area contributed by atoms with Gasteiger partial charge in [0.2, 0.25) is 0 Å². The molecule has 3 aromatic rings. The number of hydrogen-bond acceptors (Lipinski definition) is 5. The van der Waals surface area contributed by atoms with Gasteiger partial charge in [-0.3, -0.25) is 4.79 Å². The molecule has 0 spiro atoms. The van der Waals surface area contributed by atoms with E-state index in [0.717, 1.165) is 5.56 Å². The number of fused-ring (bicyclic) bond motifs is 5. The number of rotatable bonds is 3. The van der Waals surface area contributed by atoms with Crippen molar-refractivity contribution in [2.24, 2.45) is 5.41 Å². The lowest BCUT2D eigenvalue weighted by Gasteiger charge is -2.34. The number of methoxy groups -OCH3 is 1. The standard InChI is InChI=1S/C23H23NO5S/c1-15-8-10-16(11-9-15)30(27,28)24-18-7-4-3-6-17(18)20-19(24)14-22(21(25)29-2)12-5-13-23(20,22)26/h3-4,6-11,26H,5,12-14H2,1-2H3/t22-,23-/m0/s1. The van der Waals surface area contributed by atoms with Gasteiger partial charge in [0.15, 0.2) is 0 Å². The molecule has 7 heteroatoms. The topological polar surface area (TPSA) is 85.6 Å². The number of esters is 1. The van der Waals surface area contributed by atoms with Gasteiger partial charge in [-0.2, -0.15) is 0 Å². The molecule has 1 N–H and O–H groups in total. The van der Waals surface area contributed by atoms with Gasteiger partial charge in [-0.15, -0.1) is 0 Å². The van der Waals surface area contributed by atoms with E-state index >= 15 is 0 Å². The Hall–Kier alpha value is -2.64. The molecule has 5 rings (SSSR count). The first kappa shape index (κ1) is 19.3. The lowest BCUT2D eigenvalue weighted by molar-refractivity contribution is -0.167. The monoisotopic (exact) mass is 425 g/mol. The van der Waals surface area contributed by atoms with Crippen LogP contribution in [0, 0.1) is 12.3 Å². The number of benzene rings is 2. The smallest absolute Gasteiger partial charge is 0.315 e. The zero-order valence-corrected chi connectivity index (χ0v) is 17.7. The van der Waals surface area contributed by atoms with Crippen LogP contribution in [0.25, 0.3) is 10.9 Å². The number of nitrogens with zero attached hydrogens (tertiary/aromatic N) is 1. The maximum absolute atomic E-state index is 13.7. The summed E-state index contributed by atoms with van der Waals surface area (Å²) in [5.74, 6) is -0.484. The number of aryl methyl sites for hydroxylation is 1. The minimum Gasteiger partial charge on any atom is -0.468 e. The molecule has 156 valence electrons. The van der Waals surface area contributed by atoms with E-state index in [4.69, 9.17) is 4.74 Å². The maximum atomic E-state index is 13.7.